The maximum Gasteiger partial charge on any atom is 0.228 e. The normalized spacial score (nSPS) is 23.9. The van der Waals surface area contributed by atoms with Crippen LogP contribution in [0, 0.1) is 11.3 Å². The first-order valence-electron chi connectivity index (χ1n) is 8.44. The molecule has 22 heavy (non-hydrogen) atoms. The molecule has 2 aliphatic heterocycles. The summed E-state index contributed by atoms with van der Waals surface area (Å²) in [6.45, 7) is 9.87. The lowest BCUT2D eigenvalue weighted by Gasteiger charge is -2.36. The zero-order valence-corrected chi connectivity index (χ0v) is 14.0. The molecule has 2 fully saturated rings. The van der Waals surface area contributed by atoms with Crippen molar-refractivity contribution in [2.75, 3.05) is 66.2 Å². The van der Waals surface area contributed by atoms with Crippen LogP contribution in [0.4, 0.5) is 0 Å². The molecule has 0 aromatic carbocycles. The van der Waals surface area contributed by atoms with Crippen molar-refractivity contribution >= 4 is 5.91 Å². The number of nitrogens with one attached hydrogen (secondary N) is 2. The number of methoxy groups -OCH3 is 1. The minimum absolute atomic E-state index is 0.157. The van der Waals surface area contributed by atoms with E-state index in [1.807, 2.05) is 0 Å². The molecule has 6 nitrogen and oxygen atoms in total. The lowest BCUT2D eigenvalue weighted by molar-refractivity contribution is -0.136. The summed E-state index contributed by atoms with van der Waals surface area (Å²) < 4.78 is 10.7. The number of piperidine rings is 1. The van der Waals surface area contributed by atoms with Gasteiger partial charge in [0.1, 0.15) is 0 Å². The fraction of sp³-hybridized carbons (Fsp3) is 0.938. The number of amides is 1. The minimum Gasteiger partial charge on any atom is -0.384 e. The highest BCUT2D eigenvalue weighted by Gasteiger charge is 2.39. The summed E-state index contributed by atoms with van der Waals surface area (Å²) in [6.07, 6.45) is 1.70. The standard InChI is InChI=1S/C16H31N3O3/c1-14(12-19-7-9-22-10-8-19)11-18-15(20)16(13-21-2)3-5-17-6-4-16/h14,17H,3-13H2,1-2H3,(H,18,20). The number of rotatable bonds is 7. The van der Waals surface area contributed by atoms with Crippen LogP contribution in [0.2, 0.25) is 0 Å². The summed E-state index contributed by atoms with van der Waals surface area (Å²) in [5.74, 6) is 0.605. The predicted molar refractivity (Wildman–Crippen MR) is 85.8 cm³/mol. The molecular weight excluding hydrogens is 282 g/mol. The van der Waals surface area contributed by atoms with Crippen molar-refractivity contribution in [2.45, 2.75) is 19.8 Å². The van der Waals surface area contributed by atoms with E-state index in [1.165, 1.54) is 0 Å². The average molecular weight is 313 g/mol. The molecule has 0 bridgehead atoms. The molecule has 2 N–H and O–H groups in total. The van der Waals surface area contributed by atoms with Crippen LogP contribution in [0.15, 0.2) is 0 Å². The number of carbonyl (C=O) groups excluding carboxylic acids is 1. The molecule has 2 aliphatic rings. The van der Waals surface area contributed by atoms with E-state index >= 15 is 0 Å². The molecule has 6 heteroatoms. The van der Waals surface area contributed by atoms with Gasteiger partial charge in [-0.3, -0.25) is 9.69 Å². The fourth-order valence-corrected chi connectivity index (χ4v) is 3.36. The molecule has 0 aliphatic carbocycles. The summed E-state index contributed by atoms with van der Waals surface area (Å²) >= 11 is 0. The second-order valence-electron chi connectivity index (χ2n) is 6.69. The summed E-state index contributed by atoms with van der Waals surface area (Å²) in [6, 6.07) is 0. The van der Waals surface area contributed by atoms with Gasteiger partial charge in [0.25, 0.3) is 0 Å². The van der Waals surface area contributed by atoms with E-state index in [4.69, 9.17) is 9.47 Å². The van der Waals surface area contributed by atoms with Gasteiger partial charge in [-0.15, -0.1) is 0 Å². The highest BCUT2D eigenvalue weighted by molar-refractivity contribution is 5.83. The number of hydrogen-bond acceptors (Lipinski definition) is 5. The topological polar surface area (TPSA) is 62.8 Å². The van der Waals surface area contributed by atoms with E-state index in [1.54, 1.807) is 7.11 Å². The van der Waals surface area contributed by atoms with E-state index < -0.39 is 0 Å². The Balaban J connectivity index is 1.77. The monoisotopic (exact) mass is 313 g/mol. The van der Waals surface area contributed by atoms with Gasteiger partial charge in [-0.1, -0.05) is 6.92 Å². The molecule has 2 saturated heterocycles. The van der Waals surface area contributed by atoms with Gasteiger partial charge in [0.15, 0.2) is 0 Å². The zero-order valence-electron chi connectivity index (χ0n) is 14.0. The van der Waals surface area contributed by atoms with E-state index in [-0.39, 0.29) is 11.3 Å². The van der Waals surface area contributed by atoms with Gasteiger partial charge >= 0.3 is 0 Å². The Morgan fingerprint density at radius 2 is 2.05 bits per heavy atom. The molecule has 0 spiro atoms. The minimum atomic E-state index is -0.349. The molecule has 0 radical (unpaired) electrons. The number of carbonyl (C=O) groups is 1. The molecule has 1 unspecified atom stereocenters. The van der Waals surface area contributed by atoms with Crippen LogP contribution < -0.4 is 10.6 Å². The number of nitrogens with zero attached hydrogens (tertiary/aromatic N) is 1. The third-order valence-electron chi connectivity index (χ3n) is 4.75. The van der Waals surface area contributed by atoms with Crippen molar-refractivity contribution in [3.63, 3.8) is 0 Å². The quantitative estimate of drug-likeness (QED) is 0.697. The zero-order chi connectivity index (χ0) is 15.8. The number of morpholine rings is 1. The Bertz CT molecular complexity index is 334. The van der Waals surface area contributed by atoms with Gasteiger partial charge in [-0.2, -0.15) is 0 Å². The molecule has 0 aromatic heterocycles. The van der Waals surface area contributed by atoms with Crippen LogP contribution >= 0.6 is 0 Å². The van der Waals surface area contributed by atoms with Crippen molar-refractivity contribution < 1.29 is 14.3 Å². The van der Waals surface area contributed by atoms with Gasteiger partial charge in [-0.05, 0) is 31.8 Å². The van der Waals surface area contributed by atoms with Crippen molar-refractivity contribution in [3.8, 4) is 0 Å². The Morgan fingerprint density at radius 1 is 1.36 bits per heavy atom. The van der Waals surface area contributed by atoms with E-state index in [2.05, 4.69) is 22.5 Å². The molecule has 1 atom stereocenters. The van der Waals surface area contributed by atoms with Crippen LogP contribution in [0.1, 0.15) is 19.8 Å². The first-order chi connectivity index (χ1) is 10.7. The van der Waals surface area contributed by atoms with Gasteiger partial charge in [0, 0.05) is 33.3 Å². The maximum atomic E-state index is 12.7. The average Bonchev–Trinajstić information content (AvgIpc) is 2.54. The largest absolute Gasteiger partial charge is 0.384 e. The molecule has 2 rings (SSSR count). The Kier molecular flexibility index (Phi) is 7.08. The third kappa shape index (κ3) is 4.91. The smallest absolute Gasteiger partial charge is 0.228 e. The van der Waals surface area contributed by atoms with Gasteiger partial charge < -0.3 is 20.1 Å². The van der Waals surface area contributed by atoms with E-state index in [0.29, 0.717) is 12.5 Å². The van der Waals surface area contributed by atoms with Crippen LogP contribution in [-0.2, 0) is 14.3 Å². The Morgan fingerprint density at radius 3 is 2.68 bits per heavy atom. The first kappa shape index (κ1) is 17.7. The van der Waals surface area contributed by atoms with Crippen LogP contribution in [0.5, 0.6) is 0 Å². The maximum absolute atomic E-state index is 12.7. The molecular formula is C16H31N3O3. The van der Waals surface area contributed by atoms with Gasteiger partial charge in [0.05, 0.1) is 25.2 Å². The van der Waals surface area contributed by atoms with Crippen molar-refractivity contribution in [1.29, 1.82) is 0 Å². The third-order valence-corrected chi connectivity index (χ3v) is 4.75. The van der Waals surface area contributed by atoms with Crippen LogP contribution in [0.25, 0.3) is 0 Å². The lowest BCUT2D eigenvalue weighted by atomic mass is 9.78. The SMILES string of the molecule is COCC1(C(=O)NCC(C)CN2CCOCC2)CCNCC1. The summed E-state index contributed by atoms with van der Waals surface area (Å²) in [5.41, 5.74) is -0.349. The summed E-state index contributed by atoms with van der Waals surface area (Å²) in [5, 5.41) is 6.48. The number of ether oxygens (including phenoxy) is 2. The molecule has 0 aromatic rings. The van der Waals surface area contributed by atoms with Crippen LogP contribution in [0.3, 0.4) is 0 Å². The van der Waals surface area contributed by atoms with Crippen molar-refractivity contribution in [2.24, 2.45) is 11.3 Å². The first-order valence-corrected chi connectivity index (χ1v) is 8.44. The highest BCUT2D eigenvalue weighted by atomic mass is 16.5. The molecule has 1 amide bonds. The molecule has 128 valence electrons. The number of hydrogen-bond donors (Lipinski definition) is 2. The van der Waals surface area contributed by atoms with Crippen molar-refractivity contribution in [1.82, 2.24) is 15.5 Å². The lowest BCUT2D eigenvalue weighted by Crippen LogP contribution is -2.51. The fourth-order valence-electron chi connectivity index (χ4n) is 3.36. The Labute approximate surface area is 133 Å². The van der Waals surface area contributed by atoms with Crippen LogP contribution in [-0.4, -0.2) is 77.0 Å². The molecule has 0 saturated carbocycles. The van der Waals surface area contributed by atoms with E-state index in [9.17, 15) is 4.79 Å². The van der Waals surface area contributed by atoms with Gasteiger partial charge in [-0.25, -0.2) is 0 Å². The van der Waals surface area contributed by atoms with Gasteiger partial charge in [0.2, 0.25) is 5.91 Å². The van der Waals surface area contributed by atoms with E-state index in [0.717, 1.165) is 65.3 Å². The summed E-state index contributed by atoms with van der Waals surface area (Å²) in [7, 11) is 1.68. The second kappa shape index (κ2) is 8.82. The summed E-state index contributed by atoms with van der Waals surface area (Å²) in [4.78, 5) is 15.1. The second-order valence-corrected chi connectivity index (χ2v) is 6.69. The highest BCUT2D eigenvalue weighted by Crippen LogP contribution is 2.29. The Hall–Kier alpha value is -0.690. The molecule has 2 heterocycles. The van der Waals surface area contributed by atoms with Crippen molar-refractivity contribution in [3.05, 3.63) is 0 Å². The predicted octanol–water partition coefficient (Wildman–Crippen LogP) is 0.0871.